The zero-order valence-electron chi connectivity index (χ0n) is 15.9. The molecule has 1 aromatic rings. The lowest BCUT2D eigenvalue weighted by Gasteiger charge is -2.26. The highest BCUT2D eigenvalue weighted by Gasteiger charge is 2.09. The van der Waals surface area contributed by atoms with E-state index in [4.69, 9.17) is 15.2 Å². The Hall–Kier alpha value is -1.06. The van der Waals surface area contributed by atoms with Gasteiger partial charge in [0, 0.05) is 26.2 Å². The predicted octanol–water partition coefficient (Wildman–Crippen LogP) is 2.43. The second-order valence-electron chi connectivity index (χ2n) is 6.54. The number of hydrogen-bond donors (Lipinski definition) is 2. The Morgan fingerprint density at radius 3 is 2.77 bits per heavy atom. The first kappa shape index (κ1) is 23.0. The van der Waals surface area contributed by atoms with Crippen LogP contribution in [0.1, 0.15) is 31.7 Å². The van der Waals surface area contributed by atoms with Crippen LogP contribution in [0.25, 0.3) is 0 Å². The minimum Gasteiger partial charge on any atom is -0.491 e. The molecule has 148 valence electrons. The first-order chi connectivity index (χ1) is 12.2. The van der Waals surface area contributed by atoms with Crippen LogP contribution in [-0.4, -0.2) is 63.4 Å². The third kappa shape index (κ3) is 8.55. The van der Waals surface area contributed by atoms with Crippen molar-refractivity contribution >= 4 is 29.9 Å². The van der Waals surface area contributed by atoms with Gasteiger partial charge >= 0.3 is 0 Å². The molecule has 0 amide bonds. The Morgan fingerprint density at radius 2 is 2.04 bits per heavy atom. The van der Waals surface area contributed by atoms with Crippen LogP contribution < -0.4 is 15.8 Å². The summed E-state index contributed by atoms with van der Waals surface area (Å²) in [7, 11) is 0. The Labute approximate surface area is 174 Å². The van der Waals surface area contributed by atoms with Crippen molar-refractivity contribution < 1.29 is 9.47 Å². The maximum atomic E-state index is 5.90. The Bertz CT molecular complexity index is 534. The molecule has 0 saturated carbocycles. The number of benzene rings is 1. The van der Waals surface area contributed by atoms with Crippen molar-refractivity contribution in [1.82, 2.24) is 10.2 Å². The van der Waals surface area contributed by atoms with E-state index >= 15 is 0 Å². The van der Waals surface area contributed by atoms with E-state index in [-0.39, 0.29) is 24.0 Å². The maximum Gasteiger partial charge on any atom is 0.188 e. The summed E-state index contributed by atoms with van der Waals surface area (Å²) < 4.78 is 11.2. The van der Waals surface area contributed by atoms with Gasteiger partial charge in [-0.25, -0.2) is 0 Å². The van der Waals surface area contributed by atoms with E-state index in [2.05, 4.69) is 35.1 Å². The van der Waals surface area contributed by atoms with E-state index in [1.165, 1.54) is 5.56 Å². The molecule has 3 N–H and O–H groups in total. The number of ether oxygens (including phenoxy) is 2. The van der Waals surface area contributed by atoms with Crippen LogP contribution in [-0.2, 0) is 4.74 Å². The SMILES string of the molecule is CC(C)c1ccccc1OCCNC(N)=NCCCN1CCOCC1.I. The molecule has 0 atom stereocenters. The Balaban J connectivity index is 0.00000338. The lowest BCUT2D eigenvalue weighted by molar-refractivity contribution is 0.0377. The molecule has 1 aliphatic rings. The van der Waals surface area contributed by atoms with Crippen LogP contribution in [0.4, 0.5) is 0 Å². The van der Waals surface area contributed by atoms with Gasteiger partial charge in [-0.15, -0.1) is 24.0 Å². The number of rotatable bonds is 9. The topological polar surface area (TPSA) is 72.1 Å². The number of nitrogens with zero attached hydrogens (tertiary/aromatic N) is 2. The molecule has 26 heavy (non-hydrogen) atoms. The number of guanidine groups is 1. The van der Waals surface area contributed by atoms with E-state index in [1.54, 1.807) is 0 Å². The number of nitrogens with one attached hydrogen (secondary N) is 1. The number of para-hydroxylation sites is 1. The van der Waals surface area contributed by atoms with Gasteiger partial charge in [0.05, 0.1) is 19.8 Å². The minimum atomic E-state index is 0. The lowest BCUT2D eigenvalue weighted by Crippen LogP contribution is -2.37. The molecule has 1 fully saturated rings. The van der Waals surface area contributed by atoms with Crippen molar-refractivity contribution in [2.24, 2.45) is 10.7 Å². The van der Waals surface area contributed by atoms with E-state index in [0.717, 1.165) is 51.6 Å². The third-order valence-corrected chi connectivity index (χ3v) is 4.23. The monoisotopic (exact) mass is 476 g/mol. The summed E-state index contributed by atoms with van der Waals surface area (Å²) >= 11 is 0. The van der Waals surface area contributed by atoms with Crippen molar-refractivity contribution in [3.8, 4) is 5.75 Å². The molecule has 0 radical (unpaired) electrons. The molecule has 1 heterocycles. The number of halogens is 1. The summed E-state index contributed by atoms with van der Waals surface area (Å²) in [6.45, 7) is 11.1. The summed E-state index contributed by atoms with van der Waals surface area (Å²) in [5, 5.41) is 3.11. The largest absolute Gasteiger partial charge is 0.491 e. The Morgan fingerprint density at radius 1 is 1.31 bits per heavy atom. The summed E-state index contributed by atoms with van der Waals surface area (Å²) in [5.74, 6) is 1.88. The van der Waals surface area contributed by atoms with Gasteiger partial charge in [-0.3, -0.25) is 9.89 Å². The van der Waals surface area contributed by atoms with Crippen LogP contribution in [0.2, 0.25) is 0 Å². The quantitative estimate of drug-likeness (QED) is 0.248. The molecule has 6 nitrogen and oxygen atoms in total. The van der Waals surface area contributed by atoms with Crippen LogP contribution in [0.15, 0.2) is 29.3 Å². The summed E-state index contributed by atoms with van der Waals surface area (Å²) in [4.78, 5) is 6.77. The van der Waals surface area contributed by atoms with Gasteiger partial charge in [0.15, 0.2) is 5.96 Å². The molecule has 0 aliphatic carbocycles. The fourth-order valence-electron chi connectivity index (χ4n) is 2.80. The number of aliphatic imine (C=N–C) groups is 1. The van der Waals surface area contributed by atoms with Crippen molar-refractivity contribution in [3.63, 3.8) is 0 Å². The molecule has 0 aromatic heterocycles. The second kappa shape index (κ2) is 13.2. The van der Waals surface area contributed by atoms with Gasteiger partial charge in [-0.05, 0) is 24.0 Å². The number of morpholine rings is 1. The van der Waals surface area contributed by atoms with Gasteiger partial charge in [0.25, 0.3) is 0 Å². The third-order valence-electron chi connectivity index (χ3n) is 4.23. The molecule has 1 aliphatic heterocycles. The first-order valence-corrected chi connectivity index (χ1v) is 9.22. The Kier molecular flexibility index (Phi) is 11.6. The van der Waals surface area contributed by atoms with Gasteiger partial charge in [-0.2, -0.15) is 0 Å². The highest BCUT2D eigenvalue weighted by atomic mass is 127. The van der Waals surface area contributed by atoms with Crippen LogP contribution >= 0.6 is 24.0 Å². The highest BCUT2D eigenvalue weighted by molar-refractivity contribution is 14.0. The first-order valence-electron chi connectivity index (χ1n) is 9.22. The highest BCUT2D eigenvalue weighted by Crippen LogP contribution is 2.25. The minimum absolute atomic E-state index is 0. The maximum absolute atomic E-state index is 5.90. The van der Waals surface area contributed by atoms with E-state index in [0.29, 0.717) is 25.0 Å². The predicted molar refractivity (Wildman–Crippen MR) is 118 cm³/mol. The average molecular weight is 476 g/mol. The molecular formula is C19H33IN4O2. The molecular weight excluding hydrogens is 443 g/mol. The van der Waals surface area contributed by atoms with Crippen molar-refractivity contribution in [1.29, 1.82) is 0 Å². The van der Waals surface area contributed by atoms with Crippen molar-refractivity contribution in [2.45, 2.75) is 26.2 Å². The zero-order chi connectivity index (χ0) is 17.9. The standard InChI is InChI=1S/C19H32N4O2.HI/c1-16(2)17-6-3-4-7-18(17)25-13-9-22-19(20)21-8-5-10-23-11-14-24-15-12-23;/h3-4,6-7,16H,5,8-15H2,1-2H3,(H3,20,21,22);1H. The van der Waals surface area contributed by atoms with Crippen LogP contribution in [0, 0.1) is 0 Å². The summed E-state index contributed by atoms with van der Waals surface area (Å²) in [5.41, 5.74) is 7.13. The van der Waals surface area contributed by atoms with Gasteiger partial charge in [-0.1, -0.05) is 32.0 Å². The zero-order valence-corrected chi connectivity index (χ0v) is 18.3. The summed E-state index contributed by atoms with van der Waals surface area (Å²) in [6, 6.07) is 8.16. The van der Waals surface area contributed by atoms with Gasteiger partial charge < -0.3 is 20.5 Å². The van der Waals surface area contributed by atoms with Crippen LogP contribution in [0.3, 0.4) is 0 Å². The molecule has 1 saturated heterocycles. The fourth-order valence-corrected chi connectivity index (χ4v) is 2.80. The van der Waals surface area contributed by atoms with Gasteiger partial charge in [0.1, 0.15) is 12.4 Å². The normalized spacial score (nSPS) is 15.6. The lowest BCUT2D eigenvalue weighted by atomic mass is 10.0. The van der Waals surface area contributed by atoms with E-state index in [1.807, 2.05) is 18.2 Å². The van der Waals surface area contributed by atoms with E-state index in [9.17, 15) is 0 Å². The fraction of sp³-hybridized carbons (Fsp3) is 0.632. The molecule has 0 unspecified atom stereocenters. The number of nitrogens with two attached hydrogens (primary N) is 1. The van der Waals surface area contributed by atoms with E-state index < -0.39 is 0 Å². The molecule has 7 heteroatoms. The van der Waals surface area contributed by atoms with Crippen LogP contribution in [0.5, 0.6) is 5.75 Å². The molecule has 0 bridgehead atoms. The molecule has 0 spiro atoms. The average Bonchev–Trinajstić information content (AvgIpc) is 2.63. The summed E-state index contributed by atoms with van der Waals surface area (Å²) in [6.07, 6.45) is 1.01. The molecule has 1 aromatic carbocycles. The van der Waals surface area contributed by atoms with Crippen molar-refractivity contribution in [2.75, 3.05) is 52.5 Å². The van der Waals surface area contributed by atoms with Crippen molar-refractivity contribution in [3.05, 3.63) is 29.8 Å². The molecule has 2 rings (SSSR count). The number of hydrogen-bond acceptors (Lipinski definition) is 4. The van der Waals surface area contributed by atoms with Gasteiger partial charge in [0.2, 0.25) is 0 Å². The smallest absolute Gasteiger partial charge is 0.188 e. The second-order valence-corrected chi connectivity index (χ2v) is 6.54.